The number of carbonyl (C=O) groups is 1. The van der Waals surface area contributed by atoms with E-state index in [1.807, 2.05) is 4.90 Å². The van der Waals surface area contributed by atoms with Crippen LogP contribution in [0.2, 0.25) is 18.1 Å². The molecular formula is C24H29ClF2N4O3Si. The van der Waals surface area contributed by atoms with Gasteiger partial charge in [-0.05, 0) is 54.9 Å². The first kappa shape index (κ1) is 26.9. The van der Waals surface area contributed by atoms with Gasteiger partial charge in [-0.2, -0.15) is 5.26 Å². The van der Waals surface area contributed by atoms with E-state index in [0.717, 1.165) is 6.42 Å². The van der Waals surface area contributed by atoms with Gasteiger partial charge in [-0.3, -0.25) is 4.79 Å². The third-order valence-electron chi connectivity index (χ3n) is 6.31. The number of hydrogen-bond donors (Lipinski definition) is 1. The number of nitrogens with one attached hydrogen (secondary N) is 1. The van der Waals surface area contributed by atoms with E-state index in [4.69, 9.17) is 16.0 Å². The number of hydrogen-bond acceptors (Lipinski definition) is 6. The van der Waals surface area contributed by atoms with Gasteiger partial charge >= 0.3 is 5.57 Å². The number of ether oxygens (including phenoxy) is 1. The van der Waals surface area contributed by atoms with Gasteiger partial charge in [0.25, 0.3) is 5.91 Å². The molecule has 0 saturated carbocycles. The molecule has 188 valence electrons. The zero-order valence-electron chi connectivity index (χ0n) is 20.4. The van der Waals surface area contributed by atoms with Crippen molar-refractivity contribution in [1.82, 2.24) is 4.98 Å². The monoisotopic (exact) mass is 522 g/mol. The maximum absolute atomic E-state index is 12.7. The fourth-order valence-corrected chi connectivity index (χ4v) is 4.94. The Kier molecular flexibility index (Phi) is 7.74. The summed E-state index contributed by atoms with van der Waals surface area (Å²) in [5, 5.41) is 12.4. The molecule has 1 amide bonds. The SMILES string of the molecule is CC(C)(C)[Si](C)(C)OC1CCN(c2ncc(C(=O)Nc3ccc(OC(F)(F)Cl)cc3)cc2C#N)C1. The maximum atomic E-state index is 12.7. The van der Waals surface area contributed by atoms with E-state index in [-0.39, 0.29) is 22.5 Å². The Labute approximate surface area is 210 Å². The Balaban J connectivity index is 1.67. The molecule has 1 N–H and O–H groups in total. The first-order chi connectivity index (χ1) is 16.2. The summed E-state index contributed by atoms with van der Waals surface area (Å²) in [4.78, 5) is 19.1. The van der Waals surface area contributed by atoms with Crippen molar-refractivity contribution in [3.05, 3.63) is 47.7 Å². The van der Waals surface area contributed by atoms with E-state index < -0.39 is 19.8 Å². The van der Waals surface area contributed by atoms with Gasteiger partial charge in [-0.15, -0.1) is 8.78 Å². The Hall–Kier alpha value is -2.74. The third kappa shape index (κ3) is 6.90. The average molecular weight is 523 g/mol. The summed E-state index contributed by atoms with van der Waals surface area (Å²) < 4.78 is 36.2. The topological polar surface area (TPSA) is 87.5 Å². The fraction of sp³-hybridized carbons (Fsp3) is 0.458. The van der Waals surface area contributed by atoms with Crippen LogP contribution in [0.4, 0.5) is 20.3 Å². The Morgan fingerprint density at radius 2 is 1.94 bits per heavy atom. The first-order valence-corrected chi connectivity index (χ1v) is 14.5. The summed E-state index contributed by atoms with van der Waals surface area (Å²) in [5.41, 5.74) is -2.98. The molecule has 0 spiro atoms. The van der Waals surface area contributed by atoms with Crippen LogP contribution in [0.5, 0.6) is 5.75 Å². The van der Waals surface area contributed by atoms with Crippen molar-refractivity contribution in [1.29, 1.82) is 5.26 Å². The second kappa shape index (κ2) is 10.1. The highest BCUT2D eigenvalue weighted by Crippen LogP contribution is 2.38. The summed E-state index contributed by atoms with van der Waals surface area (Å²) in [6, 6.07) is 8.93. The smallest absolute Gasteiger partial charge is 0.420 e. The van der Waals surface area contributed by atoms with Crippen LogP contribution in [-0.4, -0.2) is 44.0 Å². The van der Waals surface area contributed by atoms with Crippen molar-refractivity contribution in [3.8, 4) is 11.8 Å². The molecule has 1 atom stereocenters. The van der Waals surface area contributed by atoms with Crippen LogP contribution in [-0.2, 0) is 4.43 Å². The highest BCUT2D eigenvalue weighted by molar-refractivity contribution is 6.74. The molecule has 1 aromatic carbocycles. The van der Waals surface area contributed by atoms with E-state index in [2.05, 4.69) is 55.0 Å². The number of alkyl halides is 3. The minimum atomic E-state index is -3.82. The molecule has 1 aromatic heterocycles. The van der Waals surface area contributed by atoms with E-state index in [1.165, 1.54) is 36.5 Å². The minimum Gasteiger partial charge on any atom is -0.420 e. The molecule has 0 radical (unpaired) electrons. The second-order valence-corrected chi connectivity index (χ2v) is 15.2. The van der Waals surface area contributed by atoms with Crippen LogP contribution >= 0.6 is 11.6 Å². The van der Waals surface area contributed by atoms with Crippen molar-refractivity contribution < 1.29 is 22.7 Å². The predicted molar refractivity (Wildman–Crippen MR) is 134 cm³/mol. The number of carbonyl (C=O) groups excluding carboxylic acids is 1. The molecule has 1 fully saturated rings. The van der Waals surface area contributed by atoms with Crippen LogP contribution in [0.1, 0.15) is 43.1 Å². The Morgan fingerprint density at radius 1 is 1.29 bits per heavy atom. The van der Waals surface area contributed by atoms with E-state index in [1.54, 1.807) is 0 Å². The molecule has 1 saturated heterocycles. The number of pyridine rings is 1. The number of amides is 1. The van der Waals surface area contributed by atoms with Crippen LogP contribution < -0.4 is 15.0 Å². The van der Waals surface area contributed by atoms with Crippen molar-refractivity contribution >= 4 is 37.3 Å². The number of benzene rings is 1. The molecule has 0 aliphatic carbocycles. The average Bonchev–Trinajstić information content (AvgIpc) is 3.20. The molecule has 1 aliphatic heterocycles. The van der Waals surface area contributed by atoms with Crippen molar-refractivity contribution in [2.45, 2.75) is 57.0 Å². The van der Waals surface area contributed by atoms with Gasteiger partial charge in [0.15, 0.2) is 8.32 Å². The van der Waals surface area contributed by atoms with Crippen LogP contribution in [0.3, 0.4) is 0 Å². The molecule has 2 heterocycles. The number of nitrogens with zero attached hydrogens (tertiary/aromatic N) is 3. The summed E-state index contributed by atoms with van der Waals surface area (Å²) in [5.74, 6) is -0.117. The summed E-state index contributed by atoms with van der Waals surface area (Å²) >= 11 is 4.75. The predicted octanol–water partition coefficient (Wildman–Crippen LogP) is 5.97. The van der Waals surface area contributed by atoms with Crippen molar-refractivity contribution in [2.24, 2.45) is 0 Å². The van der Waals surface area contributed by atoms with Gasteiger partial charge in [-0.1, -0.05) is 20.8 Å². The van der Waals surface area contributed by atoms with Gasteiger partial charge in [0.1, 0.15) is 17.6 Å². The number of halogens is 3. The van der Waals surface area contributed by atoms with Gasteiger partial charge in [-0.25, -0.2) is 4.98 Å². The molecule has 35 heavy (non-hydrogen) atoms. The highest BCUT2D eigenvalue weighted by atomic mass is 35.5. The van der Waals surface area contributed by atoms with Crippen LogP contribution in [0.15, 0.2) is 36.5 Å². The highest BCUT2D eigenvalue weighted by Gasteiger charge is 2.40. The quantitative estimate of drug-likeness (QED) is 0.356. The van der Waals surface area contributed by atoms with Gasteiger partial charge in [0, 0.05) is 36.6 Å². The number of rotatable bonds is 7. The zero-order chi connectivity index (χ0) is 26.0. The first-order valence-electron chi connectivity index (χ1n) is 11.2. The molecular weight excluding hydrogens is 494 g/mol. The van der Waals surface area contributed by atoms with E-state index in [9.17, 15) is 18.8 Å². The molecule has 1 aliphatic rings. The lowest BCUT2D eigenvalue weighted by Crippen LogP contribution is -2.44. The van der Waals surface area contributed by atoms with Gasteiger partial charge < -0.3 is 19.4 Å². The lowest BCUT2D eigenvalue weighted by atomic mass is 10.1. The Morgan fingerprint density at radius 3 is 2.51 bits per heavy atom. The molecule has 1 unspecified atom stereocenters. The number of aromatic nitrogens is 1. The summed E-state index contributed by atoms with van der Waals surface area (Å²) in [6.45, 7) is 12.4. The minimum absolute atomic E-state index is 0.0675. The normalized spacial score (nSPS) is 16.7. The van der Waals surface area contributed by atoms with E-state index in [0.29, 0.717) is 30.2 Å². The zero-order valence-corrected chi connectivity index (χ0v) is 22.1. The second-order valence-electron chi connectivity index (χ2n) is 9.97. The van der Waals surface area contributed by atoms with Gasteiger partial charge in [0.2, 0.25) is 0 Å². The van der Waals surface area contributed by atoms with Crippen molar-refractivity contribution in [3.63, 3.8) is 0 Å². The Bertz CT molecular complexity index is 1110. The molecule has 2 aromatic rings. The summed E-state index contributed by atoms with van der Waals surface area (Å²) in [7, 11) is -1.92. The van der Waals surface area contributed by atoms with Gasteiger partial charge in [0.05, 0.1) is 17.2 Å². The molecule has 11 heteroatoms. The van der Waals surface area contributed by atoms with E-state index >= 15 is 0 Å². The third-order valence-corrected chi connectivity index (χ3v) is 10.9. The fourth-order valence-electron chi connectivity index (χ4n) is 3.47. The number of anilines is 2. The molecule has 7 nitrogen and oxygen atoms in total. The number of nitriles is 1. The summed E-state index contributed by atoms with van der Waals surface area (Å²) in [6.07, 6.45) is 2.33. The molecule has 0 bridgehead atoms. The largest absolute Gasteiger partial charge is 0.487 e. The maximum Gasteiger partial charge on any atom is 0.487 e. The molecule has 3 rings (SSSR count). The standard InChI is InChI=1S/C24H29ClF2N4O3Si/c1-23(2,3)35(4,5)34-20-10-11-31(15-20)21-16(13-28)12-17(14-29-21)22(32)30-18-6-8-19(9-7-18)33-24(25,26)27/h6-9,12,14,20H,10-11,15H2,1-5H3,(H,30,32). The van der Waals surface area contributed by atoms with Crippen LogP contribution in [0.25, 0.3) is 0 Å². The van der Waals surface area contributed by atoms with Crippen LogP contribution in [0, 0.1) is 11.3 Å². The van der Waals surface area contributed by atoms with Crippen molar-refractivity contribution in [2.75, 3.05) is 23.3 Å². The lowest BCUT2D eigenvalue weighted by Gasteiger charge is -2.38. The lowest BCUT2D eigenvalue weighted by molar-refractivity contribution is -0.0964.